The molecule has 0 spiro atoms. The highest BCUT2D eigenvalue weighted by atomic mass is 35.5. The molecule has 6 atom stereocenters. The van der Waals surface area contributed by atoms with Crippen LogP contribution in [0.4, 0.5) is 4.39 Å². The van der Waals surface area contributed by atoms with Gasteiger partial charge in [0, 0.05) is 33.6 Å². The molecule has 0 radical (unpaired) electrons. The normalized spacial score (nSPS) is 31.8. The summed E-state index contributed by atoms with van der Waals surface area (Å²) in [6.07, 6.45) is 0.164. The summed E-state index contributed by atoms with van der Waals surface area (Å²) in [6.45, 7) is 3.42. The lowest BCUT2D eigenvalue weighted by molar-refractivity contribution is -0.155. The van der Waals surface area contributed by atoms with Crippen LogP contribution in [0.15, 0.2) is 18.2 Å². The first kappa shape index (κ1) is 21.5. The number of carbonyl (C=O) groups excluding carboxylic acids is 2. The van der Waals surface area contributed by atoms with Crippen LogP contribution < -0.4 is 0 Å². The van der Waals surface area contributed by atoms with Crippen molar-refractivity contribution < 1.29 is 27.7 Å². The van der Waals surface area contributed by atoms with Gasteiger partial charge in [-0.1, -0.05) is 29.3 Å². The van der Waals surface area contributed by atoms with Crippen LogP contribution in [-0.2, 0) is 35.6 Å². The first-order valence-corrected chi connectivity index (χ1v) is 11.2. The second-order valence-corrected chi connectivity index (χ2v) is 9.42. The van der Waals surface area contributed by atoms with Crippen LogP contribution in [0.2, 0.25) is 10.0 Å². The van der Waals surface area contributed by atoms with Crippen molar-refractivity contribution in [3.8, 4) is 0 Å². The summed E-state index contributed by atoms with van der Waals surface area (Å²) >= 11 is 11.9. The Balaban J connectivity index is 1.79. The largest absolute Gasteiger partial charge is 0.466 e. The maximum atomic E-state index is 15.2. The van der Waals surface area contributed by atoms with Crippen LogP contribution >= 0.6 is 23.2 Å². The average molecular weight is 451 g/mol. The number of rotatable bonds is 7. The molecule has 0 saturated heterocycles. The predicted molar refractivity (Wildman–Crippen MR) is 104 cm³/mol. The fourth-order valence-electron chi connectivity index (χ4n) is 4.15. The lowest BCUT2D eigenvalue weighted by Gasteiger charge is -2.24. The van der Waals surface area contributed by atoms with Crippen molar-refractivity contribution in [3.05, 3.63) is 33.8 Å². The third-order valence-electron chi connectivity index (χ3n) is 5.40. The number of benzene rings is 1. The summed E-state index contributed by atoms with van der Waals surface area (Å²) in [6, 6.07) is 4.94. The molecule has 154 valence electrons. The Hall–Kier alpha value is -1.18. The Morgan fingerprint density at radius 2 is 1.89 bits per heavy atom. The van der Waals surface area contributed by atoms with E-state index in [0.29, 0.717) is 15.6 Å². The van der Waals surface area contributed by atoms with Gasteiger partial charge < -0.3 is 9.47 Å². The van der Waals surface area contributed by atoms with Crippen molar-refractivity contribution in [2.24, 2.45) is 17.8 Å². The van der Waals surface area contributed by atoms with Crippen molar-refractivity contribution >= 4 is 45.9 Å². The van der Waals surface area contributed by atoms with Gasteiger partial charge in [0.1, 0.15) is 0 Å². The number of halogens is 3. The van der Waals surface area contributed by atoms with Crippen LogP contribution in [0.3, 0.4) is 0 Å². The molecule has 1 aromatic rings. The molecule has 0 heterocycles. The Labute approximate surface area is 175 Å². The number of esters is 2. The maximum Gasteiger partial charge on any atom is 0.344 e. The topological polar surface area (TPSA) is 69.7 Å². The van der Waals surface area contributed by atoms with E-state index in [2.05, 4.69) is 0 Å². The molecule has 1 aromatic carbocycles. The predicted octanol–water partition coefficient (Wildman–Crippen LogP) is 3.71. The van der Waals surface area contributed by atoms with Crippen molar-refractivity contribution in [2.45, 2.75) is 36.9 Å². The number of hydrogen-bond acceptors (Lipinski definition) is 5. The molecule has 0 bridgehead atoms. The van der Waals surface area contributed by atoms with Gasteiger partial charge in [-0.3, -0.25) is 9.00 Å². The summed E-state index contributed by atoms with van der Waals surface area (Å²) < 4.78 is 38.1. The zero-order valence-corrected chi connectivity index (χ0v) is 17.8. The third kappa shape index (κ3) is 3.68. The van der Waals surface area contributed by atoms with Gasteiger partial charge in [0.2, 0.25) is 5.67 Å². The molecule has 2 aliphatic carbocycles. The van der Waals surface area contributed by atoms with Crippen LogP contribution in [0.1, 0.15) is 25.8 Å². The van der Waals surface area contributed by atoms with E-state index in [0.717, 1.165) is 0 Å². The van der Waals surface area contributed by atoms with Gasteiger partial charge in [-0.25, -0.2) is 9.18 Å². The maximum absolute atomic E-state index is 15.2. The van der Waals surface area contributed by atoms with Crippen molar-refractivity contribution in [3.63, 3.8) is 0 Å². The lowest BCUT2D eigenvalue weighted by Crippen LogP contribution is -2.39. The van der Waals surface area contributed by atoms with Crippen molar-refractivity contribution in [2.75, 3.05) is 13.2 Å². The molecule has 0 aliphatic heterocycles. The Morgan fingerprint density at radius 1 is 1.21 bits per heavy atom. The minimum absolute atomic E-state index is 0.0563. The Kier molecular flexibility index (Phi) is 6.37. The molecule has 9 heteroatoms. The molecule has 6 unspecified atom stereocenters. The highest BCUT2D eigenvalue weighted by molar-refractivity contribution is 7.84. The van der Waals surface area contributed by atoms with E-state index in [9.17, 15) is 13.8 Å². The first-order chi connectivity index (χ1) is 13.2. The van der Waals surface area contributed by atoms with E-state index >= 15 is 4.39 Å². The molecule has 2 saturated carbocycles. The quantitative estimate of drug-likeness (QED) is 0.592. The standard InChI is InChI=1S/C19H21Cl2FO5S/c1-3-26-17(23)15-14(8-11-16(15)19(11,22)18(24)27-4-2)28(25)9-10-5-6-12(20)13(21)7-10/h5-7,11,14-16H,3-4,8-9H2,1-2H3. The zero-order chi connectivity index (χ0) is 20.6. The van der Waals surface area contributed by atoms with E-state index in [-0.39, 0.29) is 25.4 Å². The second kappa shape index (κ2) is 8.28. The molecule has 2 fully saturated rings. The van der Waals surface area contributed by atoms with E-state index in [1.165, 1.54) is 0 Å². The third-order valence-corrected chi connectivity index (χ3v) is 7.92. The van der Waals surface area contributed by atoms with Crippen molar-refractivity contribution in [1.82, 2.24) is 0 Å². The Bertz CT molecular complexity index is 820. The van der Waals surface area contributed by atoms with Gasteiger partial charge in [0.25, 0.3) is 0 Å². The number of ether oxygens (including phenoxy) is 2. The molecule has 28 heavy (non-hydrogen) atoms. The van der Waals surface area contributed by atoms with Crippen LogP contribution in [-0.4, -0.2) is 40.3 Å². The highest BCUT2D eigenvalue weighted by Crippen LogP contribution is 2.67. The van der Waals surface area contributed by atoms with Crippen LogP contribution in [0.5, 0.6) is 0 Å². The molecule has 3 rings (SSSR count). The summed E-state index contributed by atoms with van der Waals surface area (Å²) in [5.41, 5.74) is -1.50. The van der Waals surface area contributed by atoms with Gasteiger partial charge >= 0.3 is 11.9 Å². The number of fused-ring (bicyclic) bond motifs is 1. The average Bonchev–Trinajstić information content (AvgIpc) is 3.02. The molecule has 0 amide bonds. The van der Waals surface area contributed by atoms with E-state index in [1.807, 2.05) is 0 Å². The number of alkyl halides is 1. The van der Waals surface area contributed by atoms with E-state index in [4.69, 9.17) is 32.7 Å². The highest BCUT2D eigenvalue weighted by Gasteiger charge is 2.80. The molecule has 2 aliphatic rings. The van der Waals surface area contributed by atoms with Gasteiger partial charge in [0.15, 0.2) is 0 Å². The smallest absolute Gasteiger partial charge is 0.344 e. The molecule has 5 nitrogen and oxygen atoms in total. The monoisotopic (exact) mass is 450 g/mol. The molecule has 0 N–H and O–H groups in total. The van der Waals surface area contributed by atoms with Crippen LogP contribution in [0.25, 0.3) is 0 Å². The van der Waals surface area contributed by atoms with Crippen molar-refractivity contribution in [1.29, 1.82) is 0 Å². The van der Waals surface area contributed by atoms with Gasteiger partial charge in [-0.15, -0.1) is 0 Å². The molecular weight excluding hydrogens is 430 g/mol. The second-order valence-electron chi connectivity index (χ2n) is 6.95. The lowest BCUT2D eigenvalue weighted by atomic mass is 9.98. The summed E-state index contributed by atoms with van der Waals surface area (Å²) in [5, 5.41) is 0.138. The van der Waals surface area contributed by atoms with Crippen LogP contribution in [0, 0.1) is 17.8 Å². The fraction of sp³-hybridized carbons (Fsp3) is 0.579. The first-order valence-electron chi connectivity index (χ1n) is 9.09. The van der Waals surface area contributed by atoms with Gasteiger partial charge in [-0.2, -0.15) is 0 Å². The molecular formula is C19H21Cl2FO5S. The number of hydrogen-bond donors (Lipinski definition) is 0. The minimum Gasteiger partial charge on any atom is -0.466 e. The summed E-state index contributed by atoms with van der Waals surface area (Å²) in [5.74, 6) is -3.89. The SMILES string of the molecule is CCOC(=O)C1C(S(=O)Cc2ccc(Cl)c(Cl)c2)CC2C1C2(F)C(=O)OCC. The van der Waals surface area contributed by atoms with E-state index in [1.54, 1.807) is 32.0 Å². The summed E-state index contributed by atoms with van der Waals surface area (Å²) in [4.78, 5) is 24.6. The molecule has 0 aromatic heterocycles. The Morgan fingerprint density at radius 3 is 2.50 bits per heavy atom. The number of carbonyl (C=O) groups is 2. The van der Waals surface area contributed by atoms with Gasteiger partial charge in [0.05, 0.1) is 29.2 Å². The summed E-state index contributed by atoms with van der Waals surface area (Å²) in [7, 11) is -1.48. The van der Waals surface area contributed by atoms with Gasteiger partial charge in [-0.05, 0) is 38.0 Å². The minimum atomic E-state index is -2.20. The fourth-order valence-corrected chi connectivity index (χ4v) is 6.22. The zero-order valence-electron chi connectivity index (χ0n) is 15.5. The van der Waals surface area contributed by atoms with E-state index < -0.39 is 51.4 Å².